The normalized spacial score (nSPS) is 10.6. The molecule has 0 unspecified atom stereocenters. The van der Waals surface area contributed by atoms with Crippen LogP contribution in [-0.2, 0) is 0 Å². The first-order valence-corrected chi connectivity index (χ1v) is 5.57. The first-order chi connectivity index (χ1) is 8.38. The Labute approximate surface area is 99.9 Å². The molecule has 0 amide bonds. The summed E-state index contributed by atoms with van der Waals surface area (Å²) in [4.78, 5) is 0. The molecule has 0 radical (unpaired) electrons. The maximum Gasteiger partial charge on any atom is 0.127 e. The lowest BCUT2D eigenvalue weighted by Crippen LogP contribution is -1.82. The summed E-state index contributed by atoms with van der Waals surface area (Å²) in [6.45, 7) is 3.58. The molecule has 0 aliphatic carbocycles. The standard InChI is InChI=1S/C16H12O/c1-2-17-14-10-9-13-8-7-12-5-3-4-6-15(12)16(13)11-14/h2-11H,1H2. The molecule has 82 valence electrons. The summed E-state index contributed by atoms with van der Waals surface area (Å²) >= 11 is 0. The van der Waals surface area contributed by atoms with E-state index in [1.54, 1.807) is 0 Å². The van der Waals surface area contributed by atoms with Crippen LogP contribution in [0, 0.1) is 0 Å². The molecular weight excluding hydrogens is 208 g/mol. The second kappa shape index (κ2) is 3.95. The Hall–Kier alpha value is -2.28. The van der Waals surface area contributed by atoms with Gasteiger partial charge in [0.2, 0.25) is 0 Å². The van der Waals surface area contributed by atoms with Crippen LogP contribution < -0.4 is 4.74 Å². The van der Waals surface area contributed by atoms with E-state index >= 15 is 0 Å². The number of rotatable bonds is 2. The van der Waals surface area contributed by atoms with Crippen molar-refractivity contribution in [2.75, 3.05) is 0 Å². The second-order valence-electron chi connectivity index (χ2n) is 3.95. The van der Waals surface area contributed by atoms with Gasteiger partial charge in [-0.2, -0.15) is 0 Å². The van der Waals surface area contributed by atoms with Crippen LogP contribution in [0.5, 0.6) is 5.75 Å². The largest absolute Gasteiger partial charge is 0.466 e. The third-order valence-corrected chi connectivity index (χ3v) is 2.94. The number of hydrogen-bond acceptors (Lipinski definition) is 1. The Morgan fingerprint density at radius 1 is 0.824 bits per heavy atom. The minimum atomic E-state index is 0.823. The third-order valence-electron chi connectivity index (χ3n) is 2.94. The van der Waals surface area contributed by atoms with E-state index in [9.17, 15) is 0 Å². The molecule has 3 rings (SSSR count). The fraction of sp³-hybridized carbons (Fsp3) is 0. The van der Waals surface area contributed by atoms with Crippen LogP contribution in [0.25, 0.3) is 21.5 Å². The van der Waals surface area contributed by atoms with E-state index < -0.39 is 0 Å². The van der Waals surface area contributed by atoms with Crippen LogP contribution in [0.3, 0.4) is 0 Å². The summed E-state index contributed by atoms with van der Waals surface area (Å²) in [7, 11) is 0. The monoisotopic (exact) mass is 220 g/mol. The summed E-state index contributed by atoms with van der Waals surface area (Å²) in [6.07, 6.45) is 1.45. The van der Waals surface area contributed by atoms with Gasteiger partial charge < -0.3 is 4.74 Å². The van der Waals surface area contributed by atoms with Crippen LogP contribution in [-0.4, -0.2) is 0 Å². The summed E-state index contributed by atoms with van der Waals surface area (Å²) in [6, 6.07) is 18.7. The molecule has 0 heterocycles. The molecule has 0 aliphatic rings. The van der Waals surface area contributed by atoms with Gasteiger partial charge in [0.15, 0.2) is 0 Å². The molecule has 0 saturated carbocycles. The zero-order chi connectivity index (χ0) is 11.7. The van der Waals surface area contributed by atoms with Crippen molar-refractivity contribution in [3.8, 4) is 5.75 Å². The Balaban J connectivity index is 2.38. The van der Waals surface area contributed by atoms with Crippen molar-refractivity contribution < 1.29 is 4.74 Å². The summed E-state index contributed by atoms with van der Waals surface area (Å²) in [5.41, 5.74) is 0. The lowest BCUT2D eigenvalue weighted by atomic mass is 10.0. The topological polar surface area (TPSA) is 9.23 Å². The quantitative estimate of drug-likeness (QED) is 0.456. The van der Waals surface area contributed by atoms with Crippen molar-refractivity contribution in [1.29, 1.82) is 0 Å². The van der Waals surface area contributed by atoms with E-state index in [1.165, 1.54) is 27.8 Å². The fourth-order valence-electron chi connectivity index (χ4n) is 2.15. The Morgan fingerprint density at radius 2 is 1.53 bits per heavy atom. The van der Waals surface area contributed by atoms with Gasteiger partial charge in [-0.25, -0.2) is 0 Å². The number of hydrogen-bond donors (Lipinski definition) is 0. The van der Waals surface area contributed by atoms with Gasteiger partial charge in [0.05, 0.1) is 6.26 Å². The highest BCUT2D eigenvalue weighted by molar-refractivity contribution is 6.07. The molecule has 0 spiro atoms. The molecule has 0 aromatic heterocycles. The number of benzene rings is 3. The van der Waals surface area contributed by atoms with Crippen molar-refractivity contribution in [1.82, 2.24) is 0 Å². The maximum absolute atomic E-state index is 5.33. The summed E-state index contributed by atoms with van der Waals surface area (Å²) < 4.78 is 5.33. The van der Waals surface area contributed by atoms with Gasteiger partial charge in [-0.3, -0.25) is 0 Å². The Morgan fingerprint density at radius 3 is 2.35 bits per heavy atom. The van der Waals surface area contributed by atoms with Crippen LogP contribution in [0.15, 0.2) is 67.4 Å². The van der Waals surface area contributed by atoms with Crippen LogP contribution in [0.4, 0.5) is 0 Å². The van der Waals surface area contributed by atoms with Crippen molar-refractivity contribution in [2.24, 2.45) is 0 Å². The number of ether oxygens (including phenoxy) is 1. The predicted octanol–water partition coefficient (Wildman–Crippen LogP) is 4.52. The van der Waals surface area contributed by atoms with E-state index in [-0.39, 0.29) is 0 Å². The molecule has 3 aromatic carbocycles. The molecular formula is C16H12O. The molecule has 0 fully saturated rings. The average Bonchev–Trinajstić information content (AvgIpc) is 2.39. The zero-order valence-corrected chi connectivity index (χ0v) is 9.39. The fourth-order valence-corrected chi connectivity index (χ4v) is 2.15. The smallest absolute Gasteiger partial charge is 0.127 e. The van der Waals surface area contributed by atoms with E-state index in [0.29, 0.717) is 0 Å². The molecule has 0 atom stereocenters. The van der Waals surface area contributed by atoms with E-state index in [0.717, 1.165) is 5.75 Å². The van der Waals surface area contributed by atoms with Gasteiger partial charge in [-0.05, 0) is 33.7 Å². The van der Waals surface area contributed by atoms with Gasteiger partial charge in [-0.15, -0.1) is 0 Å². The second-order valence-corrected chi connectivity index (χ2v) is 3.95. The highest BCUT2D eigenvalue weighted by Crippen LogP contribution is 2.28. The van der Waals surface area contributed by atoms with Gasteiger partial charge >= 0.3 is 0 Å². The van der Waals surface area contributed by atoms with Crippen LogP contribution in [0.2, 0.25) is 0 Å². The zero-order valence-electron chi connectivity index (χ0n) is 9.39. The third kappa shape index (κ3) is 1.66. The Kier molecular flexibility index (Phi) is 2.30. The van der Waals surface area contributed by atoms with Crippen molar-refractivity contribution in [3.05, 3.63) is 67.4 Å². The molecule has 0 N–H and O–H groups in total. The van der Waals surface area contributed by atoms with Gasteiger partial charge in [0.25, 0.3) is 0 Å². The molecule has 1 nitrogen and oxygen atoms in total. The maximum atomic E-state index is 5.33. The first kappa shape index (κ1) is 9.91. The SMILES string of the molecule is C=COc1ccc2ccc3ccccc3c2c1. The highest BCUT2D eigenvalue weighted by atomic mass is 16.5. The van der Waals surface area contributed by atoms with Crippen molar-refractivity contribution in [3.63, 3.8) is 0 Å². The van der Waals surface area contributed by atoms with E-state index in [4.69, 9.17) is 4.74 Å². The lowest BCUT2D eigenvalue weighted by Gasteiger charge is -2.06. The molecule has 0 saturated heterocycles. The van der Waals surface area contributed by atoms with Gasteiger partial charge in [0, 0.05) is 0 Å². The molecule has 1 heteroatoms. The predicted molar refractivity (Wildman–Crippen MR) is 72.3 cm³/mol. The van der Waals surface area contributed by atoms with E-state index in [1.807, 2.05) is 6.07 Å². The minimum absolute atomic E-state index is 0.823. The number of fused-ring (bicyclic) bond motifs is 3. The lowest BCUT2D eigenvalue weighted by molar-refractivity contribution is 0.484. The molecule has 17 heavy (non-hydrogen) atoms. The van der Waals surface area contributed by atoms with Crippen LogP contribution >= 0.6 is 0 Å². The van der Waals surface area contributed by atoms with Crippen LogP contribution in [0.1, 0.15) is 0 Å². The minimum Gasteiger partial charge on any atom is -0.466 e. The average molecular weight is 220 g/mol. The highest BCUT2D eigenvalue weighted by Gasteiger charge is 2.01. The molecule has 0 aliphatic heterocycles. The van der Waals surface area contributed by atoms with Gasteiger partial charge in [0.1, 0.15) is 5.75 Å². The first-order valence-electron chi connectivity index (χ1n) is 5.57. The van der Waals surface area contributed by atoms with E-state index in [2.05, 4.69) is 55.1 Å². The van der Waals surface area contributed by atoms with Gasteiger partial charge in [-0.1, -0.05) is 49.0 Å². The Bertz CT molecular complexity index is 698. The van der Waals surface area contributed by atoms with Crippen molar-refractivity contribution in [2.45, 2.75) is 0 Å². The molecule has 3 aromatic rings. The van der Waals surface area contributed by atoms with Crippen molar-refractivity contribution >= 4 is 21.5 Å². The summed E-state index contributed by atoms with van der Waals surface area (Å²) in [5, 5.41) is 4.93. The summed E-state index contributed by atoms with van der Waals surface area (Å²) in [5.74, 6) is 0.823. The molecule has 0 bridgehead atoms.